The molecule has 0 atom stereocenters. The highest BCUT2D eigenvalue weighted by Gasteiger charge is 2.17. The van der Waals surface area contributed by atoms with Crippen LogP contribution < -0.4 is 5.32 Å². The van der Waals surface area contributed by atoms with Gasteiger partial charge in [0, 0.05) is 6.07 Å². The SMILES string of the molecule is CCOC(=O)c1cc(CNC(=O)OC(C)(C)C)no1. The normalized spacial score (nSPS) is 10.9. The van der Waals surface area contributed by atoms with Gasteiger partial charge in [-0.15, -0.1) is 0 Å². The molecule has 19 heavy (non-hydrogen) atoms. The standard InChI is InChI=1S/C12H18N2O5/c1-5-17-10(15)9-6-8(14-19-9)7-13-11(16)18-12(2,3)4/h6H,5,7H2,1-4H3,(H,13,16). The van der Waals surface area contributed by atoms with E-state index in [-0.39, 0.29) is 18.9 Å². The fraction of sp³-hybridized carbons (Fsp3) is 0.583. The molecule has 0 saturated carbocycles. The van der Waals surface area contributed by atoms with Crippen LogP contribution in [0.2, 0.25) is 0 Å². The van der Waals surface area contributed by atoms with Gasteiger partial charge in [0.25, 0.3) is 0 Å². The molecule has 0 fully saturated rings. The van der Waals surface area contributed by atoms with E-state index in [1.807, 2.05) is 0 Å². The van der Waals surface area contributed by atoms with Gasteiger partial charge in [0.2, 0.25) is 5.76 Å². The smallest absolute Gasteiger partial charge is 0.407 e. The molecular formula is C12H18N2O5. The zero-order chi connectivity index (χ0) is 14.5. The van der Waals surface area contributed by atoms with Crippen LogP contribution in [-0.4, -0.2) is 29.4 Å². The number of rotatable bonds is 4. The van der Waals surface area contributed by atoms with Crippen LogP contribution in [0.5, 0.6) is 0 Å². The third-order valence-corrected chi connectivity index (χ3v) is 1.85. The van der Waals surface area contributed by atoms with E-state index < -0.39 is 17.7 Å². The van der Waals surface area contributed by atoms with Crippen LogP contribution in [-0.2, 0) is 16.0 Å². The summed E-state index contributed by atoms with van der Waals surface area (Å²) in [6.45, 7) is 7.35. The first kappa shape index (κ1) is 15.0. The fourth-order valence-corrected chi connectivity index (χ4v) is 1.17. The molecule has 1 amide bonds. The summed E-state index contributed by atoms with van der Waals surface area (Å²) in [4.78, 5) is 22.7. The number of nitrogens with one attached hydrogen (secondary N) is 1. The summed E-state index contributed by atoms with van der Waals surface area (Å²) in [6, 6.07) is 1.41. The molecule has 0 aliphatic carbocycles. The van der Waals surface area contributed by atoms with Crippen molar-refractivity contribution in [3.8, 4) is 0 Å². The first-order chi connectivity index (χ1) is 8.81. The molecule has 1 N–H and O–H groups in total. The van der Waals surface area contributed by atoms with E-state index in [9.17, 15) is 9.59 Å². The molecule has 0 unspecified atom stereocenters. The van der Waals surface area contributed by atoms with Crippen LogP contribution in [0.15, 0.2) is 10.6 Å². The van der Waals surface area contributed by atoms with Crippen LogP contribution in [0.4, 0.5) is 4.79 Å². The molecule has 1 aromatic heterocycles. The third-order valence-electron chi connectivity index (χ3n) is 1.85. The van der Waals surface area contributed by atoms with Gasteiger partial charge < -0.3 is 19.3 Å². The number of aromatic nitrogens is 1. The minimum absolute atomic E-state index is 0.00263. The molecule has 0 bridgehead atoms. The van der Waals surface area contributed by atoms with Crippen molar-refractivity contribution in [1.29, 1.82) is 0 Å². The quantitative estimate of drug-likeness (QED) is 0.840. The van der Waals surface area contributed by atoms with Crippen molar-refractivity contribution in [2.24, 2.45) is 0 Å². The number of alkyl carbamates (subject to hydrolysis) is 1. The van der Waals surface area contributed by atoms with Crippen LogP contribution in [0.3, 0.4) is 0 Å². The molecule has 1 aromatic rings. The predicted molar refractivity (Wildman–Crippen MR) is 65.5 cm³/mol. The van der Waals surface area contributed by atoms with Crippen LogP contribution in [0.25, 0.3) is 0 Å². The predicted octanol–water partition coefficient (Wildman–Crippen LogP) is 1.88. The summed E-state index contributed by atoms with van der Waals surface area (Å²) >= 11 is 0. The van der Waals surface area contributed by atoms with Gasteiger partial charge in [-0.1, -0.05) is 5.16 Å². The Morgan fingerprint density at radius 3 is 2.68 bits per heavy atom. The highest BCUT2D eigenvalue weighted by molar-refractivity contribution is 5.86. The van der Waals surface area contributed by atoms with Crippen LogP contribution in [0.1, 0.15) is 43.9 Å². The molecular weight excluding hydrogens is 252 g/mol. The molecule has 0 aromatic carbocycles. The van der Waals surface area contributed by atoms with Gasteiger partial charge in [0.05, 0.1) is 13.2 Å². The van der Waals surface area contributed by atoms with E-state index in [1.54, 1.807) is 27.7 Å². The van der Waals surface area contributed by atoms with Gasteiger partial charge >= 0.3 is 12.1 Å². The minimum atomic E-state index is -0.585. The lowest BCUT2D eigenvalue weighted by Crippen LogP contribution is -2.32. The number of hydrogen-bond donors (Lipinski definition) is 1. The summed E-state index contributed by atoms with van der Waals surface area (Å²) < 4.78 is 14.6. The van der Waals surface area contributed by atoms with E-state index in [0.29, 0.717) is 5.69 Å². The third kappa shape index (κ3) is 5.41. The summed E-state index contributed by atoms with van der Waals surface area (Å²) in [5.74, 6) is -0.582. The maximum Gasteiger partial charge on any atom is 0.407 e. The Bertz CT molecular complexity index is 447. The maximum atomic E-state index is 11.4. The van der Waals surface area contributed by atoms with E-state index in [4.69, 9.17) is 14.0 Å². The van der Waals surface area contributed by atoms with E-state index in [2.05, 4.69) is 10.5 Å². The molecule has 0 aliphatic heterocycles. The highest BCUT2D eigenvalue weighted by Crippen LogP contribution is 2.08. The number of esters is 1. The van der Waals surface area contributed by atoms with Gasteiger partial charge in [-0.3, -0.25) is 0 Å². The Hall–Kier alpha value is -2.05. The topological polar surface area (TPSA) is 90.7 Å². The summed E-state index contributed by atoms with van der Waals surface area (Å²) in [6.07, 6.45) is -0.562. The summed E-state index contributed by atoms with van der Waals surface area (Å²) in [5.41, 5.74) is -0.154. The summed E-state index contributed by atoms with van der Waals surface area (Å²) in [7, 11) is 0. The second-order valence-electron chi connectivity index (χ2n) is 4.76. The molecule has 0 spiro atoms. The number of ether oxygens (including phenoxy) is 2. The maximum absolute atomic E-state index is 11.4. The van der Waals surface area contributed by atoms with Crippen LogP contribution in [0, 0.1) is 0 Å². The molecule has 7 heteroatoms. The Balaban J connectivity index is 2.46. The van der Waals surface area contributed by atoms with Gasteiger partial charge in [-0.2, -0.15) is 0 Å². The Morgan fingerprint density at radius 1 is 1.42 bits per heavy atom. The Morgan fingerprint density at radius 2 is 2.11 bits per heavy atom. The van der Waals surface area contributed by atoms with E-state index in [1.165, 1.54) is 6.07 Å². The molecule has 7 nitrogen and oxygen atoms in total. The molecule has 0 saturated heterocycles. The van der Waals surface area contributed by atoms with Crippen LogP contribution >= 0.6 is 0 Å². The number of carbonyl (C=O) groups excluding carboxylic acids is 2. The average molecular weight is 270 g/mol. The molecule has 1 rings (SSSR count). The fourth-order valence-electron chi connectivity index (χ4n) is 1.17. The van der Waals surface area contributed by atoms with Gasteiger partial charge in [-0.05, 0) is 27.7 Å². The number of carbonyl (C=O) groups is 2. The number of nitrogens with zero attached hydrogens (tertiary/aromatic N) is 1. The van der Waals surface area contributed by atoms with Crippen molar-refractivity contribution in [3.63, 3.8) is 0 Å². The molecule has 1 heterocycles. The lowest BCUT2D eigenvalue weighted by atomic mass is 10.2. The lowest BCUT2D eigenvalue weighted by Gasteiger charge is -2.19. The number of hydrogen-bond acceptors (Lipinski definition) is 6. The lowest BCUT2D eigenvalue weighted by molar-refractivity contribution is 0.0476. The second-order valence-corrected chi connectivity index (χ2v) is 4.76. The molecule has 0 radical (unpaired) electrons. The van der Waals surface area contributed by atoms with E-state index in [0.717, 1.165) is 0 Å². The van der Waals surface area contributed by atoms with Crippen molar-refractivity contribution in [2.45, 2.75) is 39.8 Å². The van der Waals surface area contributed by atoms with Crippen molar-refractivity contribution in [3.05, 3.63) is 17.5 Å². The first-order valence-corrected chi connectivity index (χ1v) is 5.91. The van der Waals surface area contributed by atoms with Gasteiger partial charge in [0.1, 0.15) is 11.3 Å². The Kier molecular flexibility index (Phi) is 4.91. The van der Waals surface area contributed by atoms with E-state index >= 15 is 0 Å². The van der Waals surface area contributed by atoms with Gasteiger partial charge in [0.15, 0.2) is 0 Å². The van der Waals surface area contributed by atoms with Crippen molar-refractivity contribution >= 4 is 12.1 Å². The summed E-state index contributed by atoms with van der Waals surface area (Å²) in [5, 5.41) is 6.15. The number of amides is 1. The zero-order valence-electron chi connectivity index (χ0n) is 11.5. The average Bonchev–Trinajstić information content (AvgIpc) is 2.73. The second kappa shape index (κ2) is 6.21. The molecule has 106 valence electrons. The first-order valence-electron chi connectivity index (χ1n) is 5.91. The highest BCUT2D eigenvalue weighted by atomic mass is 16.6. The minimum Gasteiger partial charge on any atom is -0.460 e. The Labute approximate surface area is 111 Å². The van der Waals surface area contributed by atoms with Crippen molar-refractivity contribution in [2.75, 3.05) is 6.61 Å². The molecule has 0 aliphatic rings. The monoisotopic (exact) mass is 270 g/mol. The van der Waals surface area contributed by atoms with Crippen molar-refractivity contribution < 1.29 is 23.6 Å². The van der Waals surface area contributed by atoms with Gasteiger partial charge in [-0.25, -0.2) is 9.59 Å². The van der Waals surface area contributed by atoms with Crippen molar-refractivity contribution in [1.82, 2.24) is 10.5 Å². The zero-order valence-corrected chi connectivity index (χ0v) is 11.5. The largest absolute Gasteiger partial charge is 0.460 e.